The number of imide groups is 1. The summed E-state index contributed by atoms with van der Waals surface area (Å²) in [5.74, 6) is -0.741. The molecule has 0 aromatic heterocycles. The van der Waals surface area contributed by atoms with E-state index in [2.05, 4.69) is 5.32 Å². The average Bonchev–Trinajstić information content (AvgIpc) is 3.04. The zero-order valence-electron chi connectivity index (χ0n) is 18.7. The lowest BCUT2D eigenvalue weighted by Gasteiger charge is -2.34. The van der Waals surface area contributed by atoms with Gasteiger partial charge >= 0.3 is 6.03 Å². The van der Waals surface area contributed by atoms with E-state index in [0.717, 1.165) is 0 Å². The first-order valence-electron chi connectivity index (χ1n) is 10.6. The smallest absolute Gasteiger partial charge is 0.321 e. The summed E-state index contributed by atoms with van der Waals surface area (Å²) < 4.78 is 26.9. The van der Waals surface area contributed by atoms with Crippen LogP contribution in [0.15, 0.2) is 53.4 Å². The Bertz CT molecular complexity index is 1210. The summed E-state index contributed by atoms with van der Waals surface area (Å²) in [6.07, 6.45) is 0. The highest BCUT2D eigenvalue weighted by Crippen LogP contribution is 2.31. The third kappa shape index (κ3) is 4.23. The van der Waals surface area contributed by atoms with Crippen LogP contribution in [-0.4, -0.2) is 72.1 Å². The minimum absolute atomic E-state index is 0.183. The predicted molar refractivity (Wildman–Crippen MR) is 122 cm³/mol. The molecule has 2 aromatic rings. The van der Waals surface area contributed by atoms with E-state index < -0.39 is 27.5 Å². The first-order valence-corrected chi connectivity index (χ1v) is 12.1. The standard InChI is InChI=1S/C23H26N4O5S/c1-23(2,3)27-20(28)18-10-9-16(15-19(18)21(27)29)24-22(30)25-11-13-26(14-12-25)33(31,32)17-7-5-4-6-8-17/h4-10,15H,11-14H2,1-3H3,(H,24,30). The second-order valence-corrected chi connectivity index (χ2v) is 10.9. The van der Waals surface area contributed by atoms with E-state index in [0.29, 0.717) is 11.3 Å². The SMILES string of the molecule is CC(C)(C)N1C(=O)c2ccc(NC(=O)N3CCN(S(=O)(=O)c4ccccc4)CC3)cc2C1=O. The number of nitrogens with zero attached hydrogens (tertiary/aromatic N) is 3. The topological polar surface area (TPSA) is 107 Å². The molecular weight excluding hydrogens is 444 g/mol. The number of fused-ring (bicyclic) bond motifs is 1. The molecule has 2 aliphatic heterocycles. The first kappa shape index (κ1) is 22.9. The van der Waals surface area contributed by atoms with Gasteiger partial charge in [0, 0.05) is 37.4 Å². The molecule has 4 amide bonds. The van der Waals surface area contributed by atoms with Crippen LogP contribution < -0.4 is 5.32 Å². The summed E-state index contributed by atoms with van der Waals surface area (Å²) in [7, 11) is -3.60. The maximum Gasteiger partial charge on any atom is 0.321 e. The first-order chi connectivity index (χ1) is 15.5. The minimum atomic E-state index is -3.60. The molecule has 2 heterocycles. The van der Waals surface area contributed by atoms with Crippen molar-refractivity contribution in [1.29, 1.82) is 0 Å². The lowest BCUT2D eigenvalue weighted by atomic mass is 10.1. The van der Waals surface area contributed by atoms with Crippen molar-refractivity contribution in [3.05, 3.63) is 59.7 Å². The number of anilines is 1. The third-order valence-electron chi connectivity index (χ3n) is 5.72. The fraction of sp³-hybridized carbons (Fsp3) is 0.348. The number of sulfonamides is 1. The van der Waals surface area contributed by atoms with Crippen LogP contribution in [0.25, 0.3) is 0 Å². The van der Waals surface area contributed by atoms with E-state index in [1.54, 1.807) is 63.2 Å². The van der Waals surface area contributed by atoms with E-state index in [1.807, 2.05) is 0 Å². The maximum atomic E-state index is 12.8. The number of carbonyl (C=O) groups is 3. The molecule has 2 aliphatic rings. The van der Waals surface area contributed by atoms with Crippen LogP contribution in [-0.2, 0) is 10.0 Å². The van der Waals surface area contributed by atoms with Gasteiger partial charge in [-0.05, 0) is 51.1 Å². The van der Waals surface area contributed by atoms with Crippen molar-refractivity contribution in [3.63, 3.8) is 0 Å². The molecule has 174 valence electrons. The molecule has 0 unspecified atom stereocenters. The zero-order chi connectivity index (χ0) is 24.0. The van der Waals surface area contributed by atoms with Gasteiger partial charge in [0.05, 0.1) is 16.0 Å². The van der Waals surface area contributed by atoms with Crippen LogP contribution in [0.3, 0.4) is 0 Å². The zero-order valence-corrected chi connectivity index (χ0v) is 19.6. The van der Waals surface area contributed by atoms with Gasteiger partial charge in [-0.2, -0.15) is 4.31 Å². The average molecular weight is 471 g/mol. The second kappa shape index (κ2) is 8.27. The highest BCUT2D eigenvalue weighted by molar-refractivity contribution is 7.89. The Balaban J connectivity index is 1.41. The lowest BCUT2D eigenvalue weighted by molar-refractivity contribution is 0.0507. The molecule has 0 aliphatic carbocycles. The normalized spacial score (nSPS) is 17.3. The number of nitrogens with one attached hydrogen (secondary N) is 1. The van der Waals surface area contributed by atoms with Gasteiger partial charge in [-0.15, -0.1) is 0 Å². The fourth-order valence-electron chi connectivity index (χ4n) is 4.00. The molecule has 0 spiro atoms. The molecule has 0 atom stereocenters. The van der Waals surface area contributed by atoms with Crippen LogP contribution in [0, 0.1) is 0 Å². The quantitative estimate of drug-likeness (QED) is 0.694. The Kier molecular flexibility index (Phi) is 5.75. The van der Waals surface area contributed by atoms with Crippen molar-refractivity contribution in [2.45, 2.75) is 31.2 Å². The molecular formula is C23H26N4O5S. The lowest BCUT2D eigenvalue weighted by Crippen LogP contribution is -2.51. The number of rotatable bonds is 3. The van der Waals surface area contributed by atoms with E-state index in [4.69, 9.17) is 0 Å². The van der Waals surface area contributed by atoms with Crippen molar-refractivity contribution >= 4 is 33.6 Å². The monoisotopic (exact) mass is 470 g/mol. The molecule has 0 bridgehead atoms. The number of hydrogen-bond acceptors (Lipinski definition) is 5. The summed E-state index contributed by atoms with van der Waals surface area (Å²) in [5, 5.41) is 2.75. The Morgan fingerprint density at radius 2 is 1.48 bits per heavy atom. The number of benzene rings is 2. The number of urea groups is 1. The number of amides is 4. The number of carbonyl (C=O) groups excluding carboxylic acids is 3. The molecule has 10 heteroatoms. The summed E-state index contributed by atoms with van der Waals surface area (Å²) in [4.78, 5) is 41.1. The van der Waals surface area contributed by atoms with Gasteiger partial charge in [0.2, 0.25) is 10.0 Å². The van der Waals surface area contributed by atoms with Gasteiger partial charge in [0.15, 0.2) is 0 Å². The molecule has 33 heavy (non-hydrogen) atoms. The number of hydrogen-bond donors (Lipinski definition) is 1. The van der Waals surface area contributed by atoms with Crippen molar-refractivity contribution in [3.8, 4) is 0 Å². The summed E-state index contributed by atoms with van der Waals surface area (Å²) >= 11 is 0. The van der Waals surface area contributed by atoms with Crippen LogP contribution in [0.4, 0.5) is 10.5 Å². The van der Waals surface area contributed by atoms with Gasteiger partial charge < -0.3 is 10.2 Å². The largest absolute Gasteiger partial charge is 0.322 e. The molecule has 0 saturated carbocycles. The van der Waals surface area contributed by atoms with Gasteiger partial charge in [0.25, 0.3) is 11.8 Å². The molecule has 1 N–H and O–H groups in total. The molecule has 1 saturated heterocycles. The van der Waals surface area contributed by atoms with Gasteiger partial charge in [0.1, 0.15) is 0 Å². The summed E-state index contributed by atoms with van der Waals surface area (Å²) in [6.45, 7) is 6.19. The van der Waals surface area contributed by atoms with Crippen LogP contribution >= 0.6 is 0 Å². The van der Waals surface area contributed by atoms with Crippen LogP contribution in [0.5, 0.6) is 0 Å². The molecule has 4 rings (SSSR count). The van der Waals surface area contributed by atoms with Crippen molar-refractivity contribution in [1.82, 2.24) is 14.1 Å². The number of piperazine rings is 1. The Labute approximate surface area is 193 Å². The minimum Gasteiger partial charge on any atom is -0.322 e. The van der Waals surface area contributed by atoms with E-state index in [9.17, 15) is 22.8 Å². The Morgan fingerprint density at radius 1 is 0.879 bits per heavy atom. The Morgan fingerprint density at radius 3 is 2.09 bits per heavy atom. The molecule has 2 aromatic carbocycles. The highest BCUT2D eigenvalue weighted by atomic mass is 32.2. The van der Waals surface area contributed by atoms with Crippen LogP contribution in [0.2, 0.25) is 0 Å². The molecule has 9 nitrogen and oxygen atoms in total. The van der Waals surface area contributed by atoms with E-state index >= 15 is 0 Å². The van der Waals surface area contributed by atoms with Crippen LogP contribution in [0.1, 0.15) is 41.5 Å². The van der Waals surface area contributed by atoms with E-state index in [-0.39, 0.29) is 42.5 Å². The van der Waals surface area contributed by atoms with Gasteiger partial charge in [-0.3, -0.25) is 14.5 Å². The highest BCUT2D eigenvalue weighted by Gasteiger charge is 2.42. The predicted octanol–water partition coefficient (Wildman–Crippen LogP) is 2.62. The van der Waals surface area contributed by atoms with Crippen molar-refractivity contribution in [2.75, 3.05) is 31.5 Å². The van der Waals surface area contributed by atoms with Crippen molar-refractivity contribution in [2.24, 2.45) is 0 Å². The molecule has 1 fully saturated rings. The maximum absolute atomic E-state index is 12.8. The third-order valence-corrected chi connectivity index (χ3v) is 7.63. The summed E-state index contributed by atoms with van der Waals surface area (Å²) in [6, 6.07) is 12.4. The summed E-state index contributed by atoms with van der Waals surface area (Å²) in [5.41, 5.74) is 0.310. The van der Waals surface area contributed by atoms with Gasteiger partial charge in [-0.1, -0.05) is 18.2 Å². The molecule has 0 radical (unpaired) electrons. The Hall–Kier alpha value is -3.24. The van der Waals surface area contributed by atoms with Gasteiger partial charge in [-0.25, -0.2) is 13.2 Å². The fourth-order valence-corrected chi connectivity index (χ4v) is 5.45. The van der Waals surface area contributed by atoms with Crippen molar-refractivity contribution < 1.29 is 22.8 Å². The van der Waals surface area contributed by atoms with E-state index in [1.165, 1.54) is 20.2 Å². The second-order valence-electron chi connectivity index (χ2n) is 9.01.